The van der Waals surface area contributed by atoms with Crippen LogP contribution < -0.4 is 5.32 Å². The first-order chi connectivity index (χ1) is 8.29. The van der Waals surface area contributed by atoms with Crippen molar-refractivity contribution in [3.8, 4) is 0 Å². The van der Waals surface area contributed by atoms with E-state index in [-0.39, 0.29) is 0 Å². The van der Waals surface area contributed by atoms with Crippen LogP contribution in [0.5, 0.6) is 0 Å². The highest BCUT2D eigenvalue weighted by molar-refractivity contribution is 7.11. The Labute approximate surface area is 107 Å². The summed E-state index contributed by atoms with van der Waals surface area (Å²) in [6, 6.07) is 8.51. The maximum atomic E-state index is 4.43. The average molecular weight is 246 g/mol. The van der Waals surface area contributed by atoms with E-state index in [1.807, 2.05) is 23.6 Å². The van der Waals surface area contributed by atoms with Crippen LogP contribution in [-0.2, 0) is 19.5 Å². The molecule has 0 aliphatic heterocycles. The lowest BCUT2D eigenvalue weighted by molar-refractivity contribution is 0.680. The monoisotopic (exact) mass is 246 g/mol. The molecule has 2 aromatic rings. The van der Waals surface area contributed by atoms with E-state index in [2.05, 4.69) is 42.3 Å². The van der Waals surface area contributed by atoms with Gasteiger partial charge in [0.1, 0.15) is 0 Å². The van der Waals surface area contributed by atoms with Gasteiger partial charge < -0.3 is 5.32 Å². The van der Waals surface area contributed by atoms with Crippen LogP contribution in [0.25, 0.3) is 0 Å². The van der Waals surface area contributed by atoms with E-state index in [1.54, 1.807) is 0 Å². The lowest BCUT2D eigenvalue weighted by Gasteiger charge is -2.07. The Kier molecular flexibility index (Phi) is 4.29. The number of rotatable bonds is 5. The summed E-state index contributed by atoms with van der Waals surface area (Å²) in [6.45, 7) is 6.09. The van der Waals surface area contributed by atoms with Gasteiger partial charge in [0.15, 0.2) is 0 Å². The van der Waals surface area contributed by atoms with Crippen molar-refractivity contribution in [1.82, 2.24) is 10.3 Å². The first-order valence-corrected chi connectivity index (χ1v) is 6.80. The quantitative estimate of drug-likeness (QED) is 0.875. The van der Waals surface area contributed by atoms with E-state index >= 15 is 0 Å². The minimum absolute atomic E-state index is 0.848. The van der Waals surface area contributed by atoms with Crippen LogP contribution in [0.3, 0.4) is 0 Å². The van der Waals surface area contributed by atoms with Gasteiger partial charge in [-0.15, -0.1) is 11.3 Å². The number of nitrogens with one attached hydrogen (secondary N) is 1. The zero-order valence-electron chi connectivity index (χ0n) is 10.4. The summed E-state index contributed by atoms with van der Waals surface area (Å²) in [4.78, 5) is 7.18. The molecule has 0 fully saturated rings. The average Bonchev–Trinajstić information content (AvgIpc) is 2.76. The minimum atomic E-state index is 0.848. The molecule has 0 aliphatic carbocycles. The van der Waals surface area contributed by atoms with E-state index in [9.17, 15) is 0 Å². The molecule has 0 spiro atoms. The van der Waals surface area contributed by atoms with Crippen molar-refractivity contribution < 1.29 is 0 Å². The summed E-state index contributed by atoms with van der Waals surface area (Å²) >= 11 is 1.85. The Balaban J connectivity index is 1.89. The Morgan fingerprint density at radius 1 is 1.24 bits per heavy atom. The number of hydrogen-bond acceptors (Lipinski definition) is 3. The van der Waals surface area contributed by atoms with E-state index in [4.69, 9.17) is 0 Å². The molecule has 2 rings (SSSR count). The zero-order chi connectivity index (χ0) is 12.1. The van der Waals surface area contributed by atoms with Gasteiger partial charge in [0, 0.05) is 29.0 Å². The van der Waals surface area contributed by atoms with Crippen molar-refractivity contribution in [3.05, 3.63) is 51.5 Å². The molecule has 90 valence electrons. The molecule has 0 amide bonds. The van der Waals surface area contributed by atoms with Crippen LogP contribution in [0.2, 0.25) is 0 Å². The Morgan fingerprint density at radius 2 is 2.12 bits per heavy atom. The van der Waals surface area contributed by atoms with Gasteiger partial charge >= 0.3 is 0 Å². The molecular formula is C14H18N2S. The SMILES string of the molecule is CCc1cccnc1CNCc1ccc(C)s1. The Hall–Kier alpha value is -1.19. The summed E-state index contributed by atoms with van der Waals surface area (Å²) in [7, 11) is 0. The lowest BCUT2D eigenvalue weighted by Crippen LogP contribution is -2.14. The molecule has 0 aromatic carbocycles. The molecule has 2 nitrogen and oxygen atoms in total. The van der Waals surface area contributed by atoms with Crippen LogP contribution in [-0.4, -0.2) is 4.98 Å². The van der Waals surface area contributed by atoms with Gasteiger partial charge in [-0.25, -0.2) is 0 Å². The van der Waals surface area contributed by atoms with E-state index < -0.39 is 0 Å². The summed E-state index contributed by atoms with van der Waals surface area (Å²) in [5, 5.41) is 3.45. The zero-order valence-corrected chi connectivity index (χ0v) is 11.2. The highest BCUT2D eigenvalue weighted by Crippen LogP contribution is 2.14. The lowest BCUT2D eigenvalue weighted by atomic mass is 10.1. The van der Waals surface area contributed by atoms with Gasteiger partial charge in [0.05, 0.1) is 5.69 Å². The van der Waals surface area contributed by atoms with Crippen molar-refractivity contribution in [2.75, 3.05) is 0 Å². The third kappa shape index (κ3) is 3.38. The molecular weight excluding hydrogens is 228 g/mol. The summed E-state index contributed by atoms with van der Waals surface area (Å²) in [5.74, 6) is 0. The van der Waals surface area contributed by atoms with Gasteiger partial charge in [0.25, 0.3) is 0 Å². The maximum Gasteiger partial charge on any atom is 0.0573 e. The van der Waals surface area contributed by atoms with Crippen molar-refractivity contribution in [3.63, 3.8) is 0 Å². The molecule has 3 heteroatoms. The fraction of sp³-hybridized carbons (Fsp3) is 0.357. The van der Waals surface area contributed by atoms with Crippen LogP contribution >= 0.6 is 11.3 Å². The third-order valence-corrected chi connectivity index (χ3v) is 3.75. The van der Waals surface area contributed by atoms with Crippen molar-refractivity contribution in [1.29, 1.82) is 0 Å². The topological polar surface area (TPSA) is 24.9 Å². The third-order valence-electron chi connectivity index (χ3n) is 2.75. The van der Waals surface area contributed by atoms with E-state index in [1.165, 1.54) is 21.0 Å². The van der Waals surface area contributed by atoms with Crippen molar-refractivity contribution in [2.24, 2.45) is 0 Å². The van der Waals surface area contributed by atoms with Crippen LogP contribution in [0.4, 0.5) is 0 Å². The second-order valence-corrected chi connectivity index (χ2v) is 5.45. The first kappa shape index (κ1) is 12.3. The summed E-state index contributed by atoms with van der Waals surface area (Å²) < 4.78 is 0. The highest BCUT2D eigenvalue weighted by atomic mass is 32.1. The molecule has 17 heavy (non-hydrogen) atoms. The predicted octanol–water partition coefficient (Wildman–Crippen LogP) is 3.30. The number of aryl methyl sites for hydroxylation is 2. The van der Waals surface area contributed by atoms with Gasteiger partial charge in [-0.1, -0.05) is 13.0 Å². The van der Waals surface area contributed by atoms with Gasteiger partial charge in [-0.2, -0.15) is 0 Å². The molecule has 1 N–H and O–H groups in total. The van der Waals surface area contributed by atoms with Gasteiger partial charge in [0.2, 0.25) is 0 Å². The predicted molar refractivity (Wildman–Crippen MR) is 73.2 cm³/mol. The minimum Gasteiger partial charge on any atom is -0.306 e. The fourth-order valence-corrected chi connectivity index (χ4v) is 2.70. The standard InChI is InChI=1S/C14H18N2S/c1-3-12-5-4-8-16-14(12)10-15-9-13-7-6-11(2)17-13/h4-8,15H,3,9-10H2,1-2H3. The number of nitrogens with zero attached hydrogens (tertiary/aromatic N) is 1. The second kappa shape index (κ2) is 5.94. The van der Waals surface area contributed by atoms with Crippen LogP contribution in [0.15, 0.2) is 30.5 Å². The summed E-state index contributed by atoms with van der Waals surface area (Å²) in [5.41, 5.74) is 2.51. The van der Waals surface area contributed by atoms with Gasteiger partial charge in [-0.3, -0.25) is 4.98 Å². The highest BCUT2D eigenvalue weighted by Gasteiger charge is 2.01. The molecule has 2 heterocycles. The molecule has 0 bridgehead atoms. The normalized spacial score (nSPS) is 10.7. The fourth-order valence-electron chi connectivity index (χ4n) is 1.84. The van der Waals surface area contributed by atoms with Crippen molar-refractivity contribution >= 4 is 11.3 Å². The largest absolute Gasteiger partial charge is 0.306 e. The molecule has 0 atom stereocenters. The molecule has 0 saturated heterocycles. The summed E-state index contributed by atoms with van der Waals surface area (Å²) in [6.07, 6.45) is 2.91. The first-order valence-electron chi connectivity index (χ1n) is 5.98. The molecule has 0 saturated carbocycles. The maximum absolute atomic E-state index is 4.43. The van der Waals surface area contributed by atoms with Gasteiger partial charge in [-0.05, 0) is 37.1 Å². The van der Waals surface area contributed by atoms with Crippen LogP contribution in [0.1, 0.15) is 27.9 Å². The number of pyridine rings is 1. The molecule has 0 aliphatic rings. The van der Waals surface area contributed by atoms with Crippen LogP contribution in [0, 0.1) is 6.92 Å². The molecule has 0 unspecified atom stereocenters. The number of aromatic nitrogens is 1. The number of thiophene rings is 1. The second-order valence-electron chi connectivity index (χ2n) is 4.08. The number of hydrogen-bond donors (Lipinski definition) is 1. The Bertz CT molecular complexity index is 477. The van der Waals surface area contributed by atoms with Crippen molar-refractivity contribution in [2.45, 2.75) is 33.4 Å². The molecule has 2 aromatic heterocycles. The van der Waals surface area contributed by atoms with E-state index in [0.717, 1.165) is 19.5 Å². The Morgan fingerprint density at radius 3 is 2.82 bits per heavy atom. The molecule has 0 radical (unpaired) electrons. The van der Waals surface area contributed by atoms with E-state index in [0.29, 0.717) is 0 Å². The smallest absolute Gasteiger partial charge is 0.0573 e.